The van der Waals surface area contributed by atoms with Gasteiger partial charge in [-0.3, -0.25) is 9.59 Å². The molecule has 1 saturated heterocycles. The minimum absolute atomic E-state index is 0.00598. The monoisotopic (exact) mass is 498 g/mol. The summed E-state index contributed by atoms with van der Waals surface area (Å²) in [6.07, 6.45) is 1.36. The number of nitrogens with one attached hydrogen (secondary N) is 1. The van der Waals surface area contributed by atoms with Crippen LogP contribution >= 0.6 is 0 Å². The number of nitrogens with zero attached hydrogens (tertiary/aromatic N) is 5. The number of rotatable bonds is 7. The smallest absolute Gasteiger partial charge is 0.254 e. The number of piperidine rings is 1. The molecule has 200 valence electrons. The number of pyridine rings is 1. The van der Waals surface area contributed by atoms with Crippen molar-refractivity contribution in [1.29, 1.82) is 0 Å². The van der Waals surface area contributed by atoms with E-state index in [1.165, 1.54) is 0 Å². The summed E-state index contributed by atoms with van der Waals surface area (Å²) in [5, 5.41) is 8.76. The number of amides is 2. The summed E-state index contributed by atoms with van der Waals surface area (Å²) in [6, 6.07) is 1.95. The maximum absolute atomic E-state index is 13.8. The number of hydrogen-bond donors (Lipinski definition) is 1. The summed E-state index contributed by atoms with van der Waals surface area (Å²) in [5.41, 5.74) is 2.91. The maximum atomic E-state index is 13.8. The van der Waals surface area contributed by atoms with Crippen molar-refractivity contribution in [1.82, 2.24) is 29.9 Å². The second kappa shape index (κ2) is 10.5. The van der Waals surface area contributed by atoms with Gasteiger partial charge in [-0.05, 0) is 72.0 Å². The number of fused-ring (bicyclic) bond motifs is 1. The normalized spacial score (nSPS) is 15.8. The van der Waals surface area contributed by atoms with Crippen LogP contribution in [0.2, 0.25) is 0 Å². The average molecular weight is 499 g/mol. The molecule has 0 unspecified atom stereocenters. The third-order valence-corrected chi connectivity index (χ3v) is 6.93. The van der Waals surface area contributed by atoms with E-state index in [9.17, 15) is 9.59 Å². The number of aromatic nitrogens is 3. The van der Waals surface area contributed by atoms with Gasteiger partial charge in [0.1, 0.15) is 0 Å². The molecular weight excluding hydrogens is 452 g/mol. The van der Waals surface area contributed by atoms with Crippen molar-refractivity contribution in [3.05, 3.63) is 23.0 Å². The van der Waals surface area contributed by atoms with Gasteiger partial charge in [-0.15, -0.1) is 0 Å². The largest absolute Gasteiger partial charge is 0.355 e. The van der Waals surface area contributed by atoms with E-state index in [0.717, 1.165) is 29.0 Å². The van der Waals surface area contributed by atoms with Crippen LogP contribution in [0.25, 0.3) is 11.0 Å². The second-order valence-corrected chi connectivity index (χ2v) is 12.8. The zero-order valence-electron chi connectivity index (χ0n) is 24.0. The molecule has 1 N–H and O–H groups in total. The molecule has 0 saturated carbocycles. The van der Waals surface area contributed by atoms with Crippen molar-refractivity contribution in [3.63, 3.8) is 0 Å². The molecule has 36 heavy (non-hydrogen) atoms. The second-order valence-electron chi connectivity index (χ2n) is 12.8. The molecule has 0 spiro atoms. The van der Waals surface area contributed by atoms with E-state index in [0.29, 0.717) is 38.0 Å². The van der Waals surface area contributed by atoms with Gasteiger partial charge in [0.2, 0.25) is 5.91 Å². The molecule has 2 aromatic rings. The van der Waals surface area contributed by atoms with E-state index in [-0.39, 0.29) is 34.6 Å². The molecule has 2 amide bonds. The zero-order valence-corrected chi connectivity index (χ0v) is 24.0. The maximum Gasteiger partial charge on any atom is 0.254 e. The summed E-state index contributed by atoms with van der Waals surface area (Å²) in [4.78, 5) is 35.6. The van der Waals surface area contributed by atoms with E-state index < -0.39 is 0 Å². The van der Waals surface area contributed by atoms with Crippen LogP contribution in [0.4, 0.5) is 0 Å². The Balaban J connectivity index is 1.77. The van der Waals surface area contributed by atoms with Crippen LogP contribution in [0.1, 0.15) is 89.0 Å². The average Bonchev–Trinajstić information content (AvgIpc) is 3.12. The van der Waals surface area contributed by atoms with Crippen molar-refractivity contribution < 1.29 is 9.59 Å². The molecule has 1 aliphatic rings. The first kappa shape index (κ1) is 28.1. The fraction of sp³-hybridized carbons (Fsp3) is 0.714. The molecule has 1 aliphatic heterocycles. The third-order valence-electron chi connectivity index (χ3n) is 6.93. The van der Waals surface area contributed by atoms with Gasteiger partial charge in [0.05, 0.1) is 22.2 Å². The fourth-order valence-electron chi connectivity index (χ4n) is 5.14. The lowest BCUT2D eigenvalue weighted by atomic mass is 9.91. The van der Waals surface area contributed by atoms with Gasteiger partial charge in [-0.2, -0.15) is 5.10 Å². The van der Waals surface area contributed by atoms with Gasteiger partial charge in [-0.25, -0.2) is 9.67 Å². The molecule has 8 heteroatoms. The molecule has 2 aromatic heterocycles. The van der Waals surface area contributed by atoms with Gasteiger partial charge in [0.15, 0.2) is 5.65 Å². The fourth-order valence-corrected chi connectivity index (χ4v) is 5.14. The van der Waals surface area contributed by atoms with Gasteiger partial charge >= 0.3 is 0 Å². The van der Waals surface area contributed by atoms with Gasteiger partial charge < -0.3 is 15.1 Å². The molecule has 3 rings (SSSR count). The van der Waals surface area contributed by atoms with Crippen LogP contribution in [-0.4, -0.2) is 76.7 Å². The van der Waals surface area contributed by atoms with Crippen LogP contribution in [0.3, 0.4) is 0 Å². The summed E-state index contributed by atoms with van der Waals surface area (Å²) in [5.74, 6) is 0.241. The summed E-state index contributed by atoms with van der Waals surface area (Å²) in [6.45, 7) is 19.5. The Hall–Kier alpha value is -2.48. The van der Waals surface area contributed by atoms with Crippen LogP contribution in [-0.2, 0) is 10.3 Å². The molecule has 0 radical (unpaired) electrons. The molecule has 0 bridgehead atoms. The first-order valence-corrected chi connectivity index (χ1v) is 13.2. The Bertz CT molecular complexity index is 1100. The minimum Gasteiger partial charge on any atom is -0.355 e. The van der Waals surface area contributed by atoms with E-state index in [1.54, 1.807) is 0 Å². The molecule has 3 heterocycles. The van der Waals surface area contributed by atoms with Crippen molar-refractivity contribution in [2.24, 2.45) is 11.3 Å². The summed E-state index contributed by atoms with van der Waals surface area (Å²) in [7, 11) is 4.10. The van der Waals surface area contributed by atoms with Gasteiger partial charge in [0.25, 0.3) is 5.91 Å². The predicted molar refractivity (Wildman–Crippen MR) is 145 cm³/mol. The highest BCUT2D eigenvalue weighted by atomic mass is 16.2. The highest BCUT2D eigenvalue weighted by Crippen LogP contribution is 2.30. The standard InChI is InChI=1S/C28H46N6O2/c1-18(2)22-15-21(23-19(3)31-34(24(23)30-22)27(4,5)6)26(36)33-13-11-20(12-14-33)25(35)29-16-28(7,8)17-32(9)10/h15,18,20H,11-14,16-17H2,1-10H3,(H,29,35). The topological polar surface area (TPSA) is 83.4 Å². The van der Waals surface area contributed by atoms with E-state index >= 15 is 0 Å². The van der Waals surface area contributed by atoms with E-state index in [1.807, 2.05) is 36.7 Å². The number of hydrogen-bond acceptors (Lipinski definition) is 5. The predicted octanol–water partition coefficient (Wildman–Crippen LogP) is 4.17. The van der Waals surface area contributed by atoms with Crippen LogP contribution in [0.15, 0.2) is 6.07 Å². The first-order valence-electron chi connectivity index (χ1n) is 13.2. The van der Waals surface area contributed by atoms with E-state index in [2.05, 4.69) is 58.7 Å². The molecule has 0 atom stereocenters. The van der Waals surface area contributed by atoms with Crippen molar-refractivity contribution >= 4 is 22.8 Å². The Morgan fingerprint density at radius 1 is 1.14 bits per heavy atom. The molecule has 1 fully saturated rings. The Labute approximate surface area is 216 Å². The number of aryl methyl sites for hydroxylation is 1. The third kappa shape index (κ3) is 6.25. The van der Waals surface area contributed by atoms with Crippen molar-refractivity contribution in [2.45, 2.75) is 79.7 Å². The zero-order chi connectivity index (χ0) is 27.0. The number of carbonyl (C=O) groups is 2. The Morgan fingerprint density at radius 3 is 2.28 bits per heavy atom. The van der Waals surface area contributed by atoms with Crippen LogP contribution in [0.5, 0.6) is 0 Å². The Morgan fingerprint density at radius 2 is 1.75 bits per heavy atom. The number of likely N-dealkylation sites (tertiary alicyclic amines) is 1. The minimum atomic E-state index is -0.248. The SMILES string of the molecule is Cc1nn(C(C)(C)C)c2nc(C(C)C)cc(C(=O)N3CCC(C(=O)NCC(C)(C)CN(C)C)CC3)c12. The van der Waals surface area contributed by atoms with Crippen LogP contribution < -0.4 is 5.32 Å². The summed E-state index contributed by atoms with van der Waals surface area (Å²) < 4.78 is 1.94. The lowest BCUT2D eigenvalue weighted by molar-refractivity contribution is -0.126. The summed E-state index contributed by atoms with van der Waals surface area (Å²) >= 11 is 0. The van der Waals surface area contributed by atoms with Crippen molar-refractivity contribution in [3.8, 4) is 0 Å². The van der Waals surface area contributed by atoms with Gasteiger partial charge in [-0.1, -0.05) is 27.7 Å². The van der Waals surface area contributed by atoms with Crippen LogP contribution in [0, 0.1) is 18.3 Å². The quantitative estimate of drug-likeness (QED) is 0.619. The van der Waals surface area contributed by atoms with Crippen molar-refractivity contribution in [2.75, 3.05) is 40.3 Å². The number of carbonyl (C=O) groups excluding carboxylic acids is 2. The first-order chi connectivity index (χ1) is 16.6. The molecule has 8 nitrogen and oxygen atoms in total. The van der Waals surface area contributed by atoms with Gasteiger partial charge in [0, 0.05) is 37.8 Å². The highest BCUT2D eigenvalue weighted by molar-refractivity contribution is 6.06. The molecule has 0 aromatic carbocycles. The lowest BCUT2D eigenvalue weighted by Crippen LogP contribution is -2.46. The molecular formula is C28H46N6O2. The highest BCUT2D eigenvalue weighted by Gasteiger charge is 2.32. The molecule has 0 aliphatic carbocycles. The lowest BCUT2D eigenvalue weighted by Gasteiger charge is -2.33. The van der Waals surface area contributed by atoms with E-state index in [4.69, 9.17) is 10.1 Å². The Kier molecular flexibility index (Phi) is 8.18.